The summed E-state index contributed by atoms with van der Waals surface area (Å²) in [5.41, 5.74) is 1.16. The number of carbonyl (C=O) groups is 1. The van der Waals surface area contributed by atoms with Crippen LogP contribution < -0.4 is 5.32 Å². The van der Waals surface area contributed by atoms with Gasteiger partial charge in [-0.2, -0.15) is 0 Å². The van der Waals surface area contributed by atoms with Crippen molar-refractivity contribution in [3.05, 3.63) is 29.3 Å². The highest BCUT2D eigenvalue weighted by atomic mass is 35.7. The Morgan fingerprint density at radius 2 is 2.00 bits per heavy atom. The van der Waals surface area contributed by atoms with Crippen LogP contribution in [0.25, 0.3) is 0 Å². The normalized spacial score (nSPS) is 13.1. The lowest BCUT2D eigenvalue weighted by Crippen LogP contribution is -2.32. The average molecular weight is 304 g/mol. The van der Waals surface area contributed by atoms with Crippen molar-refractivity contribution in [2.75, 3.05) is 0 Å². The Kier molecular flexibility index (Phi) is 5.38. The molecule has 0 bridgehead atoms. The van der Waals surface area contributed by atoms with Gasteiger partial charge in [0.25, 0.3) is 15.0 Å². The fraction of sp³-hybridized carbons (Fsp3) is 0.462. The topological polar surface area (TPSA) is 63.2 Å². The van der Waals surface area contributed by atoms with Gasteiger partial charge in [-0.25, -0.2) is 8.42 Å². The molecule has 0 aliphatic rings. The second-order valence-electron chi connectivity index (χ2n) is 4.39. The number of aryl methyl sites for hydroxylation is 1. The molecule has 1 aromatic rings. The Bertz CT molecular complexity index is 569. The lowest BCUT2D eigenvalue weighted by atomic mass is 10.0. The van der Waals surface area contributed by atoms with Gasteiger partial charge in [0.15, 0.2) is 0 Å². The molecule has 0 aliphatic heterocycles. The quantitative estimate of drug-likeness (QED) is 0.851. The number of hydrogen-bond donors (Lipinski definition) is 1. The molecule has 0 spiro atoms. The van der Waals surface area contributed by atoms with Crippen LogP contribution in [0.15, 0.2) is 23.1 Å². The number of benzene rings is 1. The number of carbonyl (C=O) groups excluding carboxylic acids is 1. The largest absolute Gasteiger partial charge is 0.350 e. The van der Waals surface area contributed by atoms with Crippen molar-refractivity contribution in [2.24, 2.45) is 0 Å². The highest BCUT2D eigenvalue weighted by Crippen LogP contribution is 2.20. The summed E-state index contributed by atoms with van der Waals surface area (Å²) in [6, 6.07) is 4.41. The average Bonchev–Trinajstić information content (AvgIpc) is 2.36. The van der Waals surface area contributed by atoms with Crippen molar-refractivity contribution in [1.82, 2.24) is 5.32 Å². The van der Waals surface area contributed by atoms with Crippen LogP contribution in [0, 0.1) is 0 Å². The van der Waals surface area contributed by atoms with Gasteiger partial charge in [-0.3, -0.25) is 4.79 Å². The van der Waals surface area contributed by atoms with Gasteiger partial charge in [0.05, 0.1) is 4.90 Å². The molecule has 1 rings (SSSR count). The summed E-state index contributed by atoms with van der Waals surface area (Å²) < 4.78 is 22.6. The molecular formula is C13H18ClNO3S. The third-order valence-electron chi connectivity index (χ3n) is 2.98. The van der Waals surface area contributed by atoms with E-state index < -0.39 is 9.05 Å². The molecule has 1 N–H and O–H groups in total. The molecule has 4 nitrogen and oxygen atoms in total. The van der Waals surface area contributed by atoms with Gasteiger partial charge in [0.2, 0.25) is 0 Å². The Labute approximate surface area is 118 Å². The summed E-state index contributed by atoms with van der Waals surface area (Å²) in [7, 11) is 1.48. The number of nitrogens with one attached hydrogen (secondary N) is 1. The van der Waals surface area contributed by atoms with Gasteiger partial charge in [0, 0.05) is 22.3 Å². The summed E-state index contributed by atoms with van der Waals surface area (Å²) in [4.78, 5) is 12.1. The van der Waals surface area contributed by atoms with Crippen LogP contribution in [-0.2, 0) is 15.5 Å². The molecule has 0 saturated carbocycles. The van der Waals surface area contributed by atoms with Crippen molar-refractivity contribution in [3.63, 3.8) is 0 Å². The Hall–Kier alpha value is -1.07. The number of rotatable bonds is 5. The van der Waals surface area contributed by atoms with E-state index >= 15 is 0 Å². The maximum atomic E-state index is 12.1. The molecular weight excluding hydrogens is 286 g/mol. The lowest BCUT2D eigenvalue weighted by molar-refractivity contribution is 0.0938. The Balaban J connectivity index is 3.20. The number of halogens is 1. The SMILES string of the molecule is CCc1ccc(S(=O)(=O)Cl)cc1C(=O)NC(C)CC. The first-order valence-corrected chi connectivity index (χ1v) is 8.49. The van der Waals surface area contributed by atoms with Crippen molar-refractivity contribution in [2.45, 2.75) is 44.6 Å². The van der Waals surface area contributed by atoms with Crippen molar-refractivity contribution in [1.29, 1.82) is 0 Å². The van der Waals surface area contributed by atoms with Crippen LogP contribution in [0.2, 0.25) is 0 Å². The zero-order valence-electron chi connectivity index (χ0n) is 11.2. The Morgan fingerprint density at radius 3 is 2.47 bits per heavy atom. The van der Waals surface area contributed by atoms with Crippen LogP contribution in [0.3, 0.4) is 0 Å². The summed E-state index contributed by atoms with van der Waals surface area (Å²) in [6.45, 7) is 5.77. The molecule has 0 heterocycles. The first kappa shape index (κ1) is 16.0. The molecule has 0 saturated heterocycles. The highest BCUT2D eigenvalue weighted by Gasteiger charge is 2.17. The van der Waals surface area contributed by atoms with Crippen LogP contribution in [0.5, 0.6) is 0 Å². The fourth-order valence-electron chi connectivity index (χ4n) is 1.63. The summed E-state index contributed by atoms with van der Waals surface area (Å²) in [6.07, 6.45) is 1.45. The standard InChI is InChI=1S/C13H18ClNO3S/c1-4-9(3)15-13(16)12-8-11(19(14,17)18)7-6-10(12)5-2/h6-9H,4-5H2,1-3H3,(H,15,16). The first-order valence-electron chi connectivity index (χ1n) is 6.18. The van der Waals surface area contributed by atoms with Gasteiger partial charge < -0.3 is 5.32 Å². The minimum absolute atomic E-state index is 0.0356. The smallest absolute Gasteiger partial charge is 0.261 e. The minimum atomic E-state index is -3.83. The van der Waals surface area contributed by atoms with E-state index in [0.717, 1.165) is 12.0 Å². The molecule has 1 atom stereocenters. The third-order valence-corrected chi connectivity index (χ3v) is 4.33. The van der Waals surface area contributed by atoms with E-state index in [1.54, 1.807) is 6.07 Å². The van der Waals surface area contributed by atoms with Gasteiger partial charge >= 0.3 is 0 Å². The molecule has 0 fully saturated rings. The second kappa shape index (κ2) is 6.39. The van der Waals surface area contributed by atoms with Crippen LogP contribution in [-0.4, -0.2) is 20.4 Å². The highest BCUT2D eigenvalue weighted by molar-refractivity contribution is 8.13. The number of amides is 1. The Morgan fingerprint density at radius 1 is 1.37 bits per heavy atom. The summed E-state index contributed by atoms with van der Waals surface area (Å²) in [5, 5.41) is 2.82. The molecule has 0 aliphatic carbocycles. The van der Waals surface area contributed by atoms with Gasteiger partial charge in [-0.05, 0) is 37.5 Å². The van der Waals surface area contributed by atoms with E-state index in [1.807, 2.05) is 20.8 Å². The van der Waals surface area contributed by atoms with E-state index in [4.69, 9.17) is 10.7 Å². The molecule has 1 unspecified atom stereocenters. The van der Waals surface area contributed by atoms with E-state index in [2.05, 4.69) is 5.32 Å². The molecule has 106 valence electrons. The van der Waals surface area contributed by atoms with E-state index in [9.17, 15) is 13.2 Å². The minimum Gasteiger partial charge on any atom is -0.350 e. The van der Waals surface area contributed by atoms with E-state index in [0.29, 0.717) is 12.0 Å². The van der Waals surface area contributed by atoms with Gasteiger partial charge in [0.1, 0.15) is 0 Å². The monoisotopic (exact) mass is 303 g/mol. The molecule has 1 amide bonds. The van der Waals surface area contributed by atoms with E-state index in [-0.39, 0.29) is 16.8 Å². The van der Waals surface area contributed by atoms with Gasteiger partial charge in [-0.15, -0.1) is 0 Å². The molecule has 6 heteroatoms. The first-order chi connectivity index (χ1) is 8.79. The van der Waals surface area contributed by atoms with Crippen molar-refractivity contribution in [3.8, 4) is 0 Å². The fourth-order valence-corrected chi connectivity index (χ4v) is 2.41. The third kappa shape index (κ3) is 4.21. The summed E-state index contributed by atoms with van der Waals surface area (Å²) >= 11 is 0. The van der Waals surface area contributed by atoms with Crippen LogP contribution in [0.4, 0.5) is 0 Å². The van der Waals surface area contributed by atoms with Crippen molar-refractivity contribution < 1.29 is 13.2 Å². The zero-order chi connectivity index (χ0) is 14.6. The number of hydrogen-bond acceptors (Lipinski definition) is 3. The molecule has 0 radical (unpaired) electrons. The zero-order valence-corrected chi connectivity index (χ0v) is 12.8. The van der Waals surface area contributed by atoms with Gasteiger partial charge in [-0.1, -0.05) is 19.9 Å². The van der Waals surface area contributed by atoms with E-state index in [1.165, 1.54) is 12.1 Å². The summed E-state index contributed by atoms with van der Waals surface area (Å²) in [5.74, 6) is -0.270. The predicted octanol–water partition coefficient (Wildman–Crippen LogP) is 2.70. The van der Waals surface area contributed by atoms with Crippen molar-refractivity contribution >= 4 is 25.6 Å². The second-order valence-corrected chi connectivity index (χ2v) is 6.96. The molecule has 19 heavy (non-hydrogen) atoms. The van der Waals surface area contributed by atoms with Crippen LogP contribution >= 0.6 is 10.7 Å². The molecule has 0 aromatic heterocycles. The maximum Gasteiger partial charge on any atom is 0.261 e. The predicted molar refractivity (Wildman–Crippen MR) is 76.1 cm³/mol. The lowest BCUT2D eigenvalue weighted by Gasteiger charge is -2.14. The maximum absolute atomic E-state index is 12.1. The van der Waals surface area contributed by atoms with Crippen LogP contribution in [0.1, 0.15) is 43.1 Å². The molecule has 1 aromatic carbocycles.